The second-order valence-electron chi connectivity index (χ2n) is 8.41. The molecule has 4 rings (SSSR count). The molecule has 0 bridgehead atoms. The number of Topliss-reactive ketones (excluding diaryl/α,β-unsaturated/α-hetero) is 1. The van der Waals surface area contributed by atoms with E-state index in [0.717, 1.165) is 28.2 Å². The first-order valence-electron chi connectivity index (χ1n) is 11.1. The maximum atomic E-state index is 12.8. The van der Waals surface area contributed by atoms with E-state index >= 15 is 0 Å². The molecule has 0 radical (unpaired) electrons. The summed E-state index contributed by atoms with van der Waals surface area (Å²) in [5.74, 6) is 1.24. The van der Waals surface area contributed by atoms with Crippen LogP contribution in [0, 0.1) is 12.8 Å². The lowest BCUT2D eigenvalue weighted by atomic mass is 9.76. The SMILES string of the molecule is COc1ccc([C@H]2CCC(CC(=O)Nc3cc(C)ns3)C(=O)C2)cc1OCc1ccccc1. The van der Waals surface area contributed by atoms with Crippen molar-refractivity contribution in [3.8, 4) is 11.5 Å². The molecule has 6 nitrogen and oxygen atoms in total. The third-order valence-corrected chi connectivity index (χ3v) is 6.78. The fraction of sp³-hybridized carbons (Fsp3) is 0.346. The molecule has 1 unspecified atom stereocenters. The second-order valence-corrected chi connectivity index (χ2v) is 9.22. The van der Waals surface area contributed by atoms with E-state index in [1.165, 1.54) is 11.5 Å². The molecule has 0 spiro atoms. The summed E-state index contributed by atoms with van der Waals surface area (Å²) >= 11 is 1.26. The summed E-state index contributed by atoms with van der Waals surface area (Å²) in [5, 5.41) is 3.58. The van der Waals surface area contributed by atoms with Gasteiger partial charge in [-0.05, 0) is 66.5 Å². The number of aromatic nitrogens is 1. The van der Waals surface area contributed by atoms with Crippen LogP contribution in [0.3, 0.4) is 0 Å². The minimum absolute atomic E-state index is 0.117. The molecule has 1 N–H and O–H groups in total. The third-order valence-electron chi connectivity index (χ3n) is 5.99. The molecule has 1 aliphatic rings. The Morgan fingerprint density at radius 1 is 1.12 bits per heavy atom. The highest BCUT2D eigenvalue weighted by Gasteiger charge is 2.31. The maximum Gasteiger partial charge on any atom is 0.225 e. The van der Waals surface area contributed by atoms with Crippen molar-refractivity contribution in [3.63, 3.8) is 0 Å². The lowest BCUT2D eigenvalue weighted by Crippen LogP contribution is -2.28. The minimum Gasteiger partial charge on any atom is -0.493 e. The average molecular weight is 465 g/mol. The van der Waals surface area contributed by atoms with Gasteiger partial charge < -0.3 is 14.8 Å². The maximum absolute atomic E-state index is 12.8. The Morgan fingerprint density at radius 3 is 2.64 bits per heavy atom. The molecule has 2 aromatic carbocycles. The van der Waals surface area contributed by atoms with E-state index < -0.39 is 0 Å². The van der Waals surface area contributed by atoms with Crippen LogP contribution in [-0.2, 0) is 16.2 Å². The molecular formula is C26H28N2O4S. The Morgan fingerprint density at radius 2 is 1.94 bits per heavy atom. The molecule has 0 aliphatic heterocycles. The topological polar surface area (TPSA) is 77.5 Å². The van der Waals surface area contributed by atoms with Crippen LogP contribution in [0.1, 0.15) is 48.4 Å². The molecule has 1 amide bonds. The largest absolute Gasteiger partial charge is 0.493 e. The molecule has 0 saturated heterocycles. The fourth-order valence-electron chi connectivity index (χ4n) is 4.21. The molecule has 1 aromatic heterocycles. The number of hydrogen-bond acceptors (Lipinski definition) is 6. The lowest BCUT2D eigenvalue weighted by Gasteiger charge is -2.28. The number of ether oxygens (including phenoxy) is 2. The average Bonchev–Trinajstić information content (AvgIpc) is 3.23. The van der Waals surface area contributed by atoms with Gasteiger partial charge in [-0.25, -0.2) is 0 Å². The molecule has 1 aliphatic carbocycles. The number of amides is 1. The zero-order valence-corrected chi connectivity index (χ0v) is 19.7. The molecule has 1 saturated carbocycles. The predicted molar refractivity (Wildman–Crippen MR) is 129 cm³/mol. The van der Waals surface area contributed by atoms with Crippen molar-refractivity contribution in [1.29, 1.82) is 0 Å². The van der Waals surface area contributed by atoms with E-state index in [2.05, 4.69) is 9.69 Å². The van der Waals surface area contributed by atoms with Crippen LogP contribution < -0.4 is 14.8 Å². The summed E-state index contributed by atoms with van der Waals surface area (Å²) in [5.41, 5.74) is 3.01. The first-order chi connectivity index (χ1) is 16.0. The van der Waals surface area contributed by atoms with E-state index in [1.807, 2.05) is 61.5 Å². The normalized spacial score (nSPS) is 18.1. The summed E-state index contributed by atoms with van der Waals surface area (Å²) < 4.78 is 15.7. The summed E-state index contributed by atoms with van der Waals surface area (Å²) in [7, 11) is 1.62. The fourth-order valence-corrected chi connectivity index (χ4v) is 4.88. The smallest absolute Gasteiger partial charge is 0.225 e. The van der Waals surface area contributed by atoms with Gasteiger partial charge in [-0.15, -0.1) is 0 Å². The molecular weight excluding hydrogens is 436 g/mol. The highest BCUT2D eigenvalue weighted by Crippen LogP contribution is 2.39. The first kappa shape index (κ1) is 23.0. The summed E-state index contributed by atoms with van der Waals surface area (Å²) in [4.78, 5) is 25.2. The van der Waals surface area contributed by atoms with Gasteiger partial charge in [0.05, 0.1) is 12.8 Å². The number of carbonyl (C=O) groups is 2. The van der Waals surface area contributed by atoms with Crippen LogP contribution in [0.25, 0.3) is 0 Å². The predicted octanol–water partition coefficient (Wildman–Crippen LogP) is 5.52. The van der Waals surface area contributed by atoms with Crippen LogP contribution in [0.15, 0.2) is 54.6 Å². The van der Waals surface area contributed by atoms with Crippen molar-refractivity contribution in [3.05, 3.63) is 71.4 Å². The second kappa shape index (κ2) is 10.6. The number of benzene rings is 2. The molecule has 7 heteroatoms. The number of carbonyl (C=O) groups excluding carboxylic acids is 2. The Kier molecular flexibility index (Phi) is 7.40. The van der Waals surface area contributed by atoms with Crippen molar-refractivity contribution in [2.24, 2.45) is 5.92 Å². The van der Waals surface area contributed by atoms with Gasteiger partial charge in [-0.1, -0.05) is 36.4 Å². The van der Waals surface area contributed by atoms with Crippen LogP contribution >= 0.6 is 11.5 Å². The first-order valence-corrected chi connectivity index (χ1v) is 11.9. The Bertz CT molecular complexity index is 1110. The highest BCUT2D eigenvalue weighted by atomic mass is 32.1. The molecule has 3 aromatic rings. The van der Waals surface area contributed by atoms with E-state index in [9.17, 15) is 9.59 Å². The van der Waals surface area contributed by atoms with Crippen LogP contribution in [0.2, 0.25) is 0 Å². The van der Waals surface area contributed by atoms with Crippen LogP contribution in [0.5, 0.6) is 11.5 Å². The number of rotatable bonds is 8. The number of methoxy groups -OCH3 is 1. The van der Waals surface area contributed by atoms with Crippen molar-refractivity contribution in [2.45, 2.75) is 45.1 Å². The van der Waals surface area contributed by atoms with Gasteiger partial charge >= 0.3 is 0 Å². The van der Waals surface area contributed by atoms with Crippen molar-refractivity contribution in [1.82, 2.24) is 4.37 Å². The Balaban J connectivity index is 1.36. The van der Waals surface area contributed by atoms with Gasteiger partial charge in [0.15, 0.2) is 11.5 Å². The summed E-state index contributed by atoms with van der Waals surface area (Å²) in [6.07, 6.45) is 2.21. The zero-order chi connectivity index (χ0) is 23.2. The van der Waals surface area contributed by atoms with Crippen molar-refractivity contribution < 1.29 is 19.1 Å². The van der Waals surface area contributed by atoms with Crippen molar-refractivity contribution >= 4 is 28.2 Å². The summed E-state index contributed by atoms with van der Waals surface area (Å²) in [6.45, 7) is 2.33. The standard InChI is InChI=1S/C26H28N2O4S/c1-17-12-26(33-28-17)27-25(30)15-21-9-8-19(13-22(21)29)20-10-11-23(31-2)24(14-20)32-16-18-6-4-3-5-7-18/h3-7,10-12,14,19,21H,8-9,13,15-16H2,1-2H3,(H,27,30)/t19-,21?/m0/s1. The van der Waals surface area contributed by atoms with Gasteiger partial charge in [-0.2, -0.15) is 4.37 Å². The quantitative estimate of drug-likeness (QED) is 0.475. The van der Waals surface area contributed by atoms with E-state index in [1.54, 1.807) is 7.11 Å². The number of aryl methyl sites for hydroxylation is 1. The van der Waals surface area contributed by atoms with E-state index in [0.29, 0.717) is 30.9 Å². The molecule has 1 heterocycles. The van der Waals surface area contributed by atoms with Crippen molar-refractivity contribution in [2.75, 3.05) is 12.4 Å². The lowest BCUT2D eigenvalue weighted by molar-refractivity contribution is -0.128. The Hall–Kier alpha value is -3.19. The number of nitrogens with one attached hydrogen (secondary N) is 1. The molecule has 172 valence electrons. The number of anilines is 1. The van der Waals surface area contributed by atoms with E-state index in [4.69, 9.17) is 9.47 Å². The van der Waals surface area contributed by atoms with Crippen LogP contribution in [-0.4, -0.2) is 23.2 Å². The van der Waals surface area contributed by atoms with Gasteiger partial charge in [0.2, 0.25) is 5.91 Å². The molecule has 2 atom stereocenters. The van der Waals surface area contributed by atoms with Crippen LogP contribution in [0.4, 0.5) is 5.00 Å². The van der Waals surface area contributed by atoms with Gasteiger partial charge in [0.25, 0.3) is 0 Å². The van der Waals surface area contributed by atoms with Gasteiger partial charge in [0, 0.05) is 18.8 Å². The van der Waals surface area contributed by atoms with Gasteiger partial charge in [0.1, 0.15) is 17.4 Å². The summed E-state index contributed by atoms with van der Waals surface area (Å²) in [6, 6.07) is 17.7. The minimum atomic E-state index is -0.234. The highest BCUT2D eigenvalue weighted by molar-refractivity contribution is 7.10. The number of hydrogen-bond donors (Lipinski definition) is 1. The monoisotopic (exact) mass is 464 g/mol. The molecule has 33 heavy (non-hydrogen) atoms. The van der Waals surface area contributed by atoms with E-state index in [-0.39, 0.29) is 29.9 Å². The number of ketones is 1. The number of nitrogens with zero attached hydrogens (tertiary/aromatic N) is 1. The van der Waals surface area contributed by atoms with Gasteiger partial charge in [-0.3, -0.25) is 9.59 Å². The third kappa shape index (κ3) is 5.99. The Labute approximate surface area is 198 Å². The zero-order valence-electron chi connectivity index (χ0n) is 18.9. The molecule has 1 fully saturated rings.